The lowest BCUT2D eigenvalue weighted by Crippen LogP contribution is -2.42. The average molecular weight is 569 g/mol. The largest absolute Gasteiger partial charge is 0.490 e. The molecule has 180 valence electrons. The van der Waals surface area contributed by atoms with Gasteiger partial charge in [0.2, 0.25) is 0 Å². The molecule has 10 heteroatoms. The van der Waals surface area contributed by atoms with E-state index >= 15 is 0 Å². The van der Waals surface area contributed by atoms with Crippen LogP contribution in [0.2, 0.25) is 5.02 Å². The van der Waals surface area contributed by atoms with Crippen LogP contribution in [-0.4, -0.2) is 41.3 Å². The lowest BCUT2D eigenvalue weighted by Gasteiger charge is -2.19. The molecule has 1 aliphatic heterocycles. The highest BCUT2D eigenvalue weighted by molar-refractivity contribution is 9.10. The first-order chi connectivity index (χ1) is 16.2. The maximum atomic E-state index is 12.9. The number of ether oxygens (including phenoxy) is 3. The molecule has 7 nitrogen and oxygen atoms in total. The van der Waals surface area contributed by atoms with E-state index in [0.717, 1.165) is 22.2 Å². The van der Waals surface area contributed by atoms with E-state index in [4.69, 9.17) is 25.8 Å². The fourth-order valence-corrected chi connectivity index (χ4v) is 4.57. The minimum absolute atomic E-state index is 0.162. The smallest absolute Gasteiger partial charge is 0.329 e. The standard InChI is InChI=1S/C24H23BrClNO6S/c1-4-31-19-10-16(18(25)12-20(19)33-13-15-6-8-17(26)9-7-15)11-21-22(28)27(24(30)34-21)14(3)23(29)32-5-2/h6-12,14H,4-5,13H2,1-3H3/b21-11+/t14-/m0/s1. The van der Waals surface area contributed by atoms with Gasteiger partial charge in [-0.05, 0) is 74.0 Å². The molecule has 34 heavy (non-hydrogen) atoms. The number of carbonyl (C=O) groups is 3. The van der Waals surface area contributed by atoms with Gasteiger partial charge in [0.25, 0.3) is 11.1 Å². The molecule has 0 radical (unpaired) electrons. The summed E-state index contributed by atoms with van der Waals surface area (Å²) >= 11 is 10.2. The van der Waals surface area contributed by atoms with Crippen molar-refractivity contribution in [2.45, 2.75) is 33.4 Å². The van der Waals surface area contributed by atoms with Gasteiger partial charge in [-0.1, -0.05) is 39.7 Å². The first kappa shape index (κ1) is 26.1. The van der Waals surface area contributed by atoms with Crippen LogP contribution in [0.4, 0.5) is 4.79 Å². The van der Waals surface area contributed by atoms with Crippen molar-refractivity contribution in [3.05, 3.63) is 61.9 Å². The summed E-state index contributed by atoms with van der Waals surface area (Å²) in [6.07, 6.45) is 1.58. The Morgan fingerprint density at radius 3 is 2.44 bits per heavy atom. The van der Waals surface area contributed by atoms with Crippen LogP contribution in [0, 0.1) is 0 Å². The van der Waals surface area contributed by atoms with E-state index in [2.05, 4.69) is 15.9 Å². The Morgan fingerprint density at radius 2 is 1.79 bits per heavy atom. The van der Waals surface area contributed by atoms with Gasteiger partial charge in [-0.3, -0.25) is 14.5 Å². The van der Waals surface area contributed by atoms with E-state index in [1.165, 1.54) is 6.92 Å². The third kappa shape index (κ3) is 6.14. The van der Waals surface area contributed by atoms with Gasteiger partial charge in [-0.25, -0.2) is 4.79 Å². The van der Waals surface area contributed by atoms with Crippen LogP contribution in [-0.2, 0) is 20.9 Å². The molecule has 0 N–H and O–H groups in total. The zero-order valence-corrected chi connectivity index (χ0v) is 22.0. The van der Waals surface area contributed by atoms with E-state index in [-0.39, 0.29) is 11.5 Å². The van der Waals surface area contributed by atoms with Crippen molar-refractivity contribution in [2.75, 3.05) is 13.2 Å². The summed E-state index contributed by atoms with van der Waals surface area (Å²) in [5.74, 6) is -0.175. The van der Waals surface area contributed by atoms with Crippen LogP contribution in [0.25, 0.3) is 6.08 Å². The summed E-state index contributed by atoms with van der Waals surface area (Å²) in [6.45, 7) is 5.86. The second kappa shape index (κ2) is 11.8. The van der Waals surface area contributed by atoms with Gasteiger partial charge in [-0.2, -0.15) is 0 Å². The Kier molecular flexibility index (Phi) is 9.04. The average Bonchev–Trinajstić information content (AvgIpc) is 3.08. The minimum Gasteiger partial charge on any atom is -0.490 e. The molecule has 1 aliphatic rings. The summed E-state index contributed by atoms with van der Waals surface area (Å²) < 4.78 is 17.3. The van der Waals surface area contributed by atoms with Crippen LogP contribution in [0.15, 0.2) is 45.8 Å². The number of nitrogens with zero attached hydrogens (tertiary/aromatic N) is 1. The SMILES string of the molecule is CCOC(=O)[C@H](C)N1C(=O)S/C(=C/c2cc(OCC)c(OCc3ccc(Cl)cc3)cc2Br)C1=O. The number of imide groups is 1. The minimum atomic E-state index is -1.01. The molecular formula is C24H23BrClNO6S. The van der Waals surface area contributed by atoms with E-state index < -0.39 is 23.2 Å². The van der Waals surface area contributed by atoms with Gasteiger partial charge in [0.1, 0.15) is 12.6 Å². The van der Waals surface area contributed by atoms with Gasteiger partial charge >= 0.3 is 5.97 Å². The molecule has 1 fully saturated rings. The summed E-state index contributed by atoms with van der Waals surface area (Å²) in [5, 5.41) is 0.118. The fourth-order valence-electron chi connectivity index (χ4n) is 3.11. The van der Waals surface area contributed by atoms with Crippen LogP contribution >= 0.6 is 39.3 Å². The highest BCUT2D eigenvalue weighted by Crippen LogP contribution is 2.39. The monoisotopic (exact) mass is 567 g/mol. The number of hydrogen-bond acceptors (Lipinski definition) is 7. The number of amides is 2. The molecule has 0 aromatic heterocycles. The van der Waals surface area contributed by atoms with Crippen LogP contribution in [0.3, 0.4) is 0 Å². The normalized spacial score (nSPS) is 15.6. The summed E-state index contributed by atoms with van der Waals surface area (Å²) in [6, 6.07) is 9.80. The number of thioether (sulfide) groups is 1. The van der Waals surface area contributed by atoms with Gasteiger partial charge in [0.15, 0.2) is 11.5 Å². The van der Waals surface area contributed by atoms with Gasteiger partial charge in [0, 0.05) is 9.50 Å². The Morgan fingerprint density at radius 1 is 1.12 bits per heavy atom. The fraction of sp³-hybridized carbons (Fsp3) is 0.292. The van der Waals surface area contributed by atoms with Gasteiger partial charge in [0.05, 0.1) is 18.1 Å². The maximum Gasteiger partial charge on any atom is 0.329 e. The first-order valence-electron chi connectivity index (χ1n) is 10.5. The molecule has 0 aliphatic carbocycles. The molecule has 0 spiro atoms. The van der Waals surface area contributed by atoms with E-state index in [1.54, 1.807) is 37.3 Å². The van der Waals surface area contributed by atoms with Crippen molar-refractivity contribution < 1.29 is 28.6 Å². The zero-order valence-electron chi connectivity index (χ0n) is 18.8. The predicted octanol–water partition coefficient (Wildman–Crippen LogP) is 6.07. The van der Waals surface area contributed by atoms with Crippen molar-refractivity contribution >= 4 is 62.5 Å². The second-order valence-corrected chi connectivity index (χ2v) is 9.43. The molecule has 2 aromatic carbocycles. The number of esters is 1. The second-order valence-electron chi connectivity index (χ2n) is 7.15. The Bertz CT molecular complexity index is 1120. The van der Waals surface area contributed by atoms with Crippen molar-refractivity contribution in [3.63, 3.8) is 0 Å². The van der Waals surface area contributed by atoms with E-state index in [9.17, 15) is 14.4 Å². The van der Waals surface area contributed by atoms with Crippen LogP contribution < -0.4 is 9.47 Å². The number of rotatable bonds is 9. The number of halogens is 2. The summed E-state index contributed by atoms with van der Waals surface area (Å²) in [5.41, 5.74) is 1.56. The molecule has 0 bridgehead atoms. The third-order valence-electron chi connectivity index (χ3n) is 4.80. The topological polar surface area (TPSA) is 82.1 Å². The zero-order chi connectivity index (χ0) is 24.8. The highest BCUT2D eigenvalue weighted by atomic mass is 79.9. The molecule has 1 heterocycles. The maximum absolute atomic E-state index is 12.9. The molecule has 2 amide bonds. The van der Waals surface area contributed by atoms with Gasteiger partial charge in [-0.15, -0.1) is 0 Å². The van der Waals surface area contributed by atoms with Crippen LogP contribution in [0.1, 0.15) is 31.9 Å². The Balaban J connectivity index is 1.84. The van der Waals surface area contributed by atoms with Gasteiger partial charge < -0.3 is 14.2 Å². The van der Waals surface area contributed by atoms with Crippen molar-refractivity contribution in [1.29, 1.82) is 0 Å². The molecule has 0 unspecified atom stereocenters. The molecule has 0 saturated carbocycles. The van der Waals surface area contributed by atoms with E-state index in [0.29, 0.717) is 39.8 Å². The van der Waals surface area contributed by atoms with Crippen LogP contribution in [0.5, 0.6) is 11.5 Å². The first-order valence-corrected chi connectivity index (χ1v) is 12.5. The number of hydrogen-bond donors (Lipinski definition) is 0. The molecular weight excluding hydrogens is 546 g/mol. The predicted molar refractivity (Wildman–Crippen MR) is 135 cm³/mol. The number of benzene rings is 2. The number of carbonyl (C=O) groups excluding carboxylic acids is 3. The lowest BCUT2D eigenvalue weighted by molar-refractivity contribution is -0.150. The van der Waals surface area contributed by atoms with E-state index in [1.807, 2.05) is 19.1 Å². The lowest BCUT2D eigenvalue weighted by atomic mass is 10.1. The van der Waals surface area contributed by atoms with Crippen molar-refractivity contribution in [1.82, 2.24) is 4.90 Å². The summed E-state index contributed by atoms with van der Waals surface area (Å²) in [4.78, 5) is 38.4. The summed E-state index contributed by atoms with van der Waals surface area (Å²) in [7, 11) is 0. The third-order valence-corrected chi connectivity index (χ3v) is 6.62. The highest BCUT2D eigenvalue weighted by Gasteiger charge is 2.41. The molecule has 1 saturated heterocycles. The quantitative estimate of drug-likeness (QED) is 0.268. The Labute approximate surface area is 215 Å². The molecule has 2 aromatic rings. The molecule has 1 atom stereocenters. The Hall–Kier alpha value is -2.49. The van der Waals surface area contributed by atoms with Crippen molar-refractivity contribution in [2.24, 2.45) is 0 Å². The van der Waals surface area contributed by atoms with Crippen molar-refractivity contribution in [3.8, 4) is 11.5 Å². The molecule has 3 rings (SSSR count).